The van der Waals surface area contributed by atoms with Crippen molar-refractivity contribution < 1.29 is 23.9 Å². The zero-order chi connectivity index (χ0) is 20.8. The van der Waals surface area contributed by atoms with E-state index in [1.807, 2.05) is 18.2 Å². The molecular formula is C21H22N2O5S. The van der Waals surface area contributed by atoms with Crippen LogP contribution >= 0.6 is 11.8 Å². The van der Waals surface area contributed by atoms with Gasteiger partial charge in [0.25, 0.3) is 5.91 Å². The summed E-state index contributed by atoms with van der Waals surface area (Å²) in [6.07, 6.45) is -0.553. The number of ether oxygens (including phenoxy) is 2. The van der Waals surface area contributed by atoms with E-state index in [-0.39, 0.29) is 18.0 Å². The molecule has 7 nitrogen and oxygen atoms in total. The summed E-state index contributed by atoms with van der Waals surface area (Å²) in [7, 11) is 1.56. The van der Waals surface area contributed by atoms with Crippen LogP contribution in [0.3, 0.4) is 0 Å². The van der Waals surface area contributed by atoms with E-state index < -0.39 is 18.0 Å². The summed E-state index contributed by atoms with van der Waals surface area (Å²) < 4.78 is 10.5. The van der Waals surface area contributed by atoms with Crippen molar-refractivity contribution in [3.63, 3.8) is 0 Å². The minimum Gasteiger partial charge on any atom is -0.496 e. The van der Waals surface area contributed by atoms with Gasteiger partial charge in [-0.3, -0.25) is 9.59 Å². The van der Waals surface area contributed by atoms with E-state index in [1.165, 1.54) is 6.92 Å². The molecule has 1 aliphatic heterocycles. The number of rotatable bonds is 6. The first-order valence-corrected chi connectivity index (χ1v) is 10.1. The van der Waals surface area contributed by atoms with Crippen LogP contribution in [-0.2, 0) is 20.9 Å². The molecule has 2 N–H and O–H groups in total. The first-order chi connectivity index (χ1) is 14.0. The highest BCUT2D eigenvalue weighted by Crippen LogP contribution is 2.31. The fraction of sp³-hybridized carbons (Fsp3) is 0.286. The van der Waals surface area contributed by atoms with Crippen molar-refractivity contribution in [2.24, 2.45) is 0 Å². The molecule has 8 heteroatoms. The summed E-state index contributed by atoms with van der Waals surface area (Å²) in [4.78, 5) is 37.4. The Morgan fingerprint density at radius 2 is 2.03 bits per heavy atom. The molecule has 1 atom stereocenters. The quantitative estimate of drug-likeness (QED) is 0.706. The molecule has 0 aliphatic carbocycles. The predicted molar refractivity (Wildman–Crippen MR) is 110 cm³/mol. The molecule has 2 aromatic carbocycles. The van der Waals surface area contributed by atoms with Gasteiger partial charge in [0.2, 0.25) is 5.91 Å². The number of para-hydroxylation sites is 1. The van der Waals surface area contributed by atoms with E-state index in [2.05, 4.69) is 10.6 Å². The maximum atomic E-state index is 12.4. The molecule has 152 valence electrons. The van der Waals surface area contributed by atoms with Gasteiger partial charge >= 0.3 is 5.97 Å². The summed E-state index contributed by atoms with van der Waals surface area (Å²) in [5, 5.41) is 5.52. The zero-order valence-corrected chi connectivity index (χ0v) is 17.0. The number of hydrogen-bond acceptors (Lipinski definition) is 6. The number of carbonyl (C=O) groups excluding carboxylic acids is 3. The van der Waals surface area contributed by atoms with E-state index in [9.17, 15) is 14.4 Å². The Morgan fingerprint density at radius 3 is 2.83 bits per heavy atom. The summed E-state index contributed by atoms with van der Waals surface area (Å²) in [6.45, 7) is 1.77. The number of benzene rings is 2. The van der Waals surface area contributed by atoms with Gasteiger partial charge in [0.05, 0.1) is 18.4 Å². The third kappa shape index (κ3) is 5.29. The van der Waals surface area contributed by atoms with Crippen LogP contribution in [0.15, 0.2) is 47.4 Å². The Hall–Kier alpha value is -3.00. The number of fused-ring (bicyclic) bond motifs is 1. The highest BCUT2D eigenvalue weighted by Gasteiger charge is 2.21. The van der Waals surface area contributed by atoms with Gasteiger partial charge in [-0.05, 0) is 31.2 Å². The Morgan fingerprint density at radius 1 is 1.24 bits per heavy atom. The monoisotopic (exact) mass is 414 g/mol. The van der Waals surface area contributed by atoms with Gasteiger partial charge in [0, 0.05) is 29.2 Å². The molecule has 1 heterocycles. The van der Waals surface area contributed by atoms with E-state index in [0.717, 1.165) is 10.5 Å². The average Bonchev–Trinajstić information content (AvgIpc) is 2.91. The molecule has 0 unspecified atom stereocenters. The number of carbonyl (C=O) groups is 3. The molecule has 1 aliphatic rings. The number of hydrogen-bond donors (Lipinski definition) is 2. The van der Waals surface area contributed by atoms with Crippen LogP contribution in [-0.4, -0.2) is 36.8 Å². The molecule has 0 fully saturated rings. The van der Waals surface area contributed by atoms with Gasteiger partial charge in [0.1, 0.15) is 5.75 Å². The minimum absolute atomic E-state index is 0.0918. The highest BCUT2D eigenvalue weighted by atomic mass is 32.2. The Balaban J connectivity index is 1.60. The van der Waals surface area contributed by atoms with Gasteiger partial charge in [-0.1, -0.05) is 18.2 Å². The van der Waals surface area contributed by atoms with Gasteiger partial charge in [-0.2, -0.15) is 0 Å². The van der Waals surface area contributed by atoms with Crippen molar-refractivity contribution in [1.82, 2.24) is 5.32 Å². The number of methoxy groups -OCH3 is 1. The molecule has 0 bridgehead atoms. The van der Waals surface area contributed by atoms with Crippen LogP contribution in [0.2, 0.25) is 0 Å². The van der Waals surface area contributed by atoms with Crippen LogP contribution < -0.4 is 15.4 Å². The molecule has 3 rings (SSSR count). The van der Waals surface area contributed by atoms with Crippen LogP contribution in [0, 0.1) is 0 Å². The lowest BCUT2D eigenvalue weighted by atomic mass is 10.2. The number of esters is 1. The Bertz CT molecular complexity index is 931. The first-order valence-electron chi connectivity index (χ1n) is 9.15. The van der Waals surface area contributed by atoms with Crippen molar-refractivity contribution >= 4 is 35.2 Å². The first kappa shape index (κ1) is 20.7. The van der Waals surface area contributed by atoms with Crippen LogP contribution in [0.25, 0.3) is 0 Å². The van der Waals surface area contributed by atoms with Gasteiger partial charge in [-0.15, -0.1) is 11.8 Å². The smallest absolute Gasteiger partial charge is 0.338 e. The second-order valence-corrected chi connectivity index (χ2v) is 7.57. The standard InChI is InChI=1S/C21H22N2O5S/c1-13(20(25)22-12-15-5-3-4-6-17(15)27-2)28-21(26)14-7-8-18-16(11-14)23-19(24)9-10-29-18/h3-8,11,13H,9-10,12H2,1-2H3,(H,22,25)(H,23,24)/t13-/m0/s1. The molecule has 0 saturated heterocycles. The third-order valence-corrected chi connectivity index (χ3v) is 5.45. The number of nitrogens with one attached hydrogen (secondary N) is 2. The SMILES string of the molecule is COc1ccccc1CNC(=O)[C@H](C)OC(=O)c1ccc2c(c1)NC(=O)CCS2. The van der Waals surface area contributed by atoms with E-state index in [1.54, 1.807) is 43.1 Å². The Labute approximate surface area is 173 Å². The Kier molecular flexibility index (Phi) is 6.77. The minimum atomic E-state index is -0.972. The highest BCUT2D eigenvalue weighted by molar-refractivity contribution is 7.99. The van der Waals surface area contributed by atoms with Crippen molar-refractivity contribution in [3.05, 3.63) is 53.6 Å². The van der Waals surface area contributed by atoms with Gasteiger partial charge < -0.3 is 20.1 Å². The molecule has 0 aromatic heterocycles. The van der Waals surface area contributed by atoms with Crippen molar-refractivity contribution in [2.45, 2.75) is 30.9 Å². The van der Waals surface area contributed by atoms with Gasteiger partial charge in [-0.25, -0.2) is 4.79 Å². The zero-order valence-electron chi connectivity index (χ0n) is 16.2. The van der Waals surface area contributed by atoms with Crippen molar-refractivity contribution in [1.29, 1.82) is 0 Å². The topological polar surface area (TPSA) is 93.7 Å². The second-order valence-electron chi connectivity index (χ2n) is 6.43. The summed E-state index contributed by atoms with van der Waals surface area (Å²) in [5.74, 6) is 0.221. The molecule has 0 radical (unpaired) electrons. The number of amides is 2. The molecule has 2 aromatic rings. The lowest BCUT2D eigenvalue weighted by Crippen LogP contribution is -2.35. The lowest BCUT2D eigenvalue weighted by Gasteiger charge is -2.15. The molecule has 2 amide bonds. The predicted octanol–water partition coefficient (Wildman–Crippen LogP) is 2.99. The molecular weight excluding hydrogens is 392 g/mol. The fourth-order valence-corrected chi connectivity index (χ4v) is 3.74. The maximum Gasteiger partial charge on any atom is 0.338 e. The number of thioether (sulfide) groups is 1. The normalized spacial score (nSPS) is 14.1. The molecule has 0 saturated carbocycles. The summed E-state index contributed by atoms with van der Waals surface area (Å²) in [6, 6.07) is 12.3. The van der Waals surface area contributed by atoms with Crippen LogP contribution in [0.4, 0.5) is 5.69 Å². The van der Waals surface area contributed by atoms with Crippen molar-refractivity contribution in [2.75, 3.05) is 18.2 Å². The van der Waals surface area contributed by atoms with Crippen LogP contribution in [0.1, 0.15) is 29.3 Å². The van der Waals surface area contributed by atoms with E-state index in [0.29, 0.717) is 23.6 Å². The lowest BCUT2D eigenvalue weighted by molar-refractivity contribution is -0.129. The average molecular weight is 414 g/mol. The third-order valence-electron chi connectivity index (χ3n) is 4.37. The van der Waals surface area contributed by atoms with Crippen LogP contribution in [0.5, 0.6) is 5.75 Å². The summed E-state index contributed by atoms with van der Waals surface area (Å²) in [5.41, 5.74) is 1.68. The summed E-state index contributed by atoms with van der Waals surface area (Å²) >= 11 is 1.55. The fourth-order valence-electron chi connectivity index (χ4n) is 2.80. The molecule has 29 heavy (non-hydrogen) atoms. The number of anilines is 1. The van der Waals surface area contributed by atoms with E-state index >= 15 is 0 Å². The van der Waals surface area contributed by atoms with Crippen molar-refractivity contribution in [3.8, 4) is 5.75 Å². The van der Waals surface area contributed by atoms with Gasteiger partial charge in [0.15, 0.2) is 6.10 Å². The molecule has 0 spiro atoms. The maximum absolute atomic E-state index is 12.4. The second kappa shape index (κ2) is 9.47. The largest absolute Gasteiger partial charge is 0.496 e. The van der Waals surface area contributed by atoms with E-state index in [4.69, 9.17) is 9.47 Å².